The molecule has 0 amide bonds. The summed E-state index contributed by atoms with van der Waals surface area (Å²) in [6.07, 6.45) is 3.55. The van der Waals surface area contributed by atoms with Crippen LogP contribution in [-0.2, 0) is 17.1 Å². The van der Waals surface area contributed by atoms with Crippen LogP contribution in [0.25, 0.3) is 0 Å². The maximum Gasteiger partial charge on any atom is 0.335 e. The molecule has 0 bridgehead atoms. The highest BCUT2D eigenvalue weighted by Gasteiger charge is 2.18. The Morgan fingerprint density at radius 2 is 1.89 bits per heavy atom. The average Bonchev–Trinajstić information content (AvgIpc) is 3.01. The lowest BCUT2D eigenvalue weighted by Gasteiger charge is -2.10. The standard InChI is InChI=1S/C18H17N3O4S2/c1-12-3-8-15(11-16(12)17(22)23)27(24,25)20-13-4-6-14(7-5-13)26-18-19-9-10-21(18)2/h3-11,20H,1-2H3,(H,22,23). The van der Waals surface area contributed by atoms with Gasteiger partial charge in [-0.3, -0.25) is 4.72 Å². The minimum absolute atomic E-state index is 0.0420. The van der Waals surface area contributed by atoms with Crippen molar-refractivity contribution in [2.45, 2.75) is 21.9 Å². The summed E-state index contributed by atoms with van der Waals surface area (Å²) in [7, 11) is -2.00. The second-order valence-corrected chi connectivity index (χ2v) is 8.56. The van der Waals surface area contributed by atoms with Crippen molar-refractivity contribution in [1.82, 2.24) is 9.55 Å². The molecule has 27 heavy (non-hydrogen) atoms. The first-order chi connectivity index (χ1) is 12.8. The molecule has 0 aliphatic rings. The van der Waals surface area contributed by atoms with Crippen molar-refractivity contribution >= 4 is 33.4 Å². The Hall–Kier alpha value is -2.78. The Labute approximate surface area is 161 Å². The number of rotatable bonds is 6. The van der Waals surface area contributed by atoms with Gasteiger partial charge in [0.15, 0.2) is 5.16 Å². The number of aromatic carboxylic acids is 1. The Kier molecular flexibility index (Phi) is 5.24. The quantitative estimate of drug-likeness (QED) is 0.654. The minimum atomic E-state index is -3.89. The minimum Gasteiger partial charge on any atom is -0.478 e. The molecule has 0 atom stereocenters. The average molecular weight is 403 g/mol. The zero-order valence-electron chi connectivity index (χ0n) is 14.6. The van der Waals surface area contributed by atoms with Crippen LogP contribution in [0.4, 0.5) is 5.69 Å². The molecule has 0 spiro atoms. The van der Waals surface area contributed by atoms with Crippen LogP contribution in [0.3, 0.4) is 0 Å². The van der Waals surface area contributed by atoms with Gasteiger partial charge in [-0.05, 0) is 48.9 Å². The molecule has 2 aromatic carbocycles. The fraction of sp³-hybridized carbons (Fsp3) is 0.111. The number of carboxylic acids is 1. The molecule has 1 aromatic heterocycles. The van der Waals surface area contributed by atoms with Crippen LogP contribution in [0, 0.1) is 6.92 Å². The van der Waals surface area contributed by atoms with E-state index in [2.05, 4.69) is 9.71 Å². The first kappa shape index (κ1) is 19.0. The summed E-state index contributed by atoms with van der Waals surface area (Å²) in [5.74, 6) is -1.17. The van der Waals surface area contributed by atoms with E-state index in [1.807, 2.05) is 17.8 Å². The fourth-order valence-electron chi connectivity index (χ4n) is 2.36. The maximum absolute atomic E-state index is 12.6. The molecule has 1 heterocycles. The van der Waals surface area contributed by atoms with Crippen molar-refractivity contribution in [1.29, 1.82) is 0 Å². The highest BCUT2D eigenvalue weighted by atomic mass is 32.2. The third kappa shape index (κ3) is 4.32. The first-order valence-corrected chi connectivity index (χ1v) is 10.2. The van der Waals surface area contributed by atoms with Crippen molar-refractivity contribution in [2.75, 3.05) is 4.72 Å². The van der Waals surface area contributed by atoms with Crippen molar-refractivity contribution in [3.63, 3.8) is 0 Å². The lowest BCUT2D eigenvalue weighted by atomic mass is 10.1. The first-order valence-electron chi connectivity index (χ1n) is 7.88. The second-order valence-electron chi connectivity index (χ2n) is 5.83. The molecule has 0 aliphatic carbocycles. The van der Waals surface area contributed by atoms with Crippen LogP contribution in [0.15, 0.2) is 69.8 Å². The smallest absolute Gasteiger partial charge is 0.335 e. The molecule has 0 unspecified atom stereocenters. The molecule has 2 N–H and O–H groups in total. The van der Waals surface area contributed by atoms with E-state index in [0.717, 1.165) is 16.1 Å². The van der Waals surface area contributed by atoms with E-state index in [1.165, 1.54) is 23.9 Å². The SMILES string of the molecule is Cc1ccc(S(=O)(=O)Nc2ccc(Sc3nccn3C)cc2)cc1C(=O)O. The number of hydrogen-bond acceptors (Lipinski definition) is 5. The van der Waals surface area contributed by atoms with E-state index < -0.39 is 16.0 Å². The van der Waals surface area contributed by atoms with E-state index in [4.69, 9.17) is 0 Å². The highest BCUT2D eigenvalue weighted by molar-refractivity contribution is 7.99. The summed E-state index contributed by atoms with van der Waals surface area (Å²) in [5.41, 5.74) is 0.841. The Balaban J connectivity index is 1.79. The van der Waals surface area contributed by atoms with Crippen molar-refractivity contribution in [2.24, 2.45) is 7.05 Å². The molecule has 0 aliphatic heterocycles. The summed E-state index contributed by atoms with van der Waals surface area (Å²) in [6.45, 7) is 1.62. The van der Waals surface area contributed by atoms with Gasteiger partial charge in [-0.15, -0.1) is 0 Å². The highest BCUT2D eigenvalue weighted by Crippen LogP contribution is 2.27. The summed E-state index contributed by atoms with van der Waals surface area (Å²) >= 11 is 1.46. The number of nitrogens with one attached hydrogen (secondary N) is 1. The number of nitrogens with zero attached hydrogens (tertiary/aromatic N) is 2. The lowest BCUT2D eigenvalue weighted by Crippen LogP contribution is -2.14. The monoisotopic (exact) mass is 403 g/mol. The third-order valence-electron chi connectivity index (χ3n) is 3.84. The van der Waals surface area contributed by atoms with Crippen LogP contribution in [0.5, 0.6) is 0 Å². The third-order valence-corrected chi connectivity index (χ3v) is 6.31. The number of anilines is 1. The van der Waals surface area contributed by atoms with E-state index in [-0.39, 0.29) is 10.5 Å². The van der Waals surface area contributed by atoms with Gasteiger partial charge in [0.25, 0.3) is 10.0 Å². The van der Waals surface area contributed by atoms with Gasteiger partial charge >= 0.3 is 5.97 Å². The Morgan fingerprint density at radius 1 is 1.19 bits per heavy atom. The normalized spacial score (nSPS) is 11.3. The van der Waals surface area contributed by atoms with Crippen LogP contribution in [-0.4, -0.2) is 29.0 Å². The van der Waals surface area contributed by atoms with Gasteiger partial charge in [0.1, 0.15) is 0 Å². The lowest BCUT2D eigenvalue weighted by molar-refractivity contribution is 0.0696. The molecule has 3 rings (SSSR count). The van der Waals surface area contributed by atoms with Gasteiger partial charge in [0.2, 0.25) is 0 Å². The topological polar surface area (TPSA) is 101 Å². The number of hydrogen-bond donors (Lipinski definition) is 2. The number of imidazole rings is 1. The fourth-order valence-corrected chi connectivity index (χ4v) is 4.25. The predicted octanol–water partition coefficient (Wildman–Crippen LogP) is 3.38. The second kappa shape index (κ2) is 7.45. The number of aryl methyl sites for hydroxylation is 2. The molecule has 0 saturated carbocycles. The molecule has 3 aromatic rings. The number of sulfonamides is 1. The maximum atomic E-state index is 12.6. The molecule has 7 nitrogen and oxygen atoms in total. The van der Waals surface area contributed by atoms with E-state index in [9.17, 15) is 18.3 Å². The molecule has 140 valence electrons. The van der Waals surface area contributed by atoms with Gasteiger partial charge in [0, 0.05) is 30.0 Å². The summed E-state index contributed by atoms with van der Waals surface area (Å²) < 4.78 is 29.5. The molecule has 0 radical (unpaired) electrons. The largest absolute Gasteiger partial charge is 0.478 e. The Bertz CT molecular complexity index is 1090. The van der Waals surface area contributed by atoms with E-state index in [0.29, 0.717) is 11.3 Å². The van der Waals surface area contributed by atoms with Crippen molar-refractivity contribution in [3.05, 3.63) is 66.0 Å². The van der Waals surface area contributed by atoms with Gasteiger partial charge in [-0.2, -0.15) is 0 Å². The van der Waals surface area contributed by atoms with Crippen LogP contribution < -0.4 is 4.72 Å². The van der Waals surface area contributed by atoms with E-state index in [1.54, 1.807) is 37.4 Å². The van der Waals surface area contributed by atoms with Crippen LogP contribution in [0.2, 0.25) is 0 Å². The Morgan fingerprint density at radius 3 is 2.48 bits per heavy atom. The van der Waals surface area contributed by atoms with Crippen LogP contribution in [0.1, 0.15) is 15.9 Å². The zero-order valence-corrected chi connectivity index (χ0v) is 16.2. The number of aromatic nitrogens is 2. The van der Waals surface area contributed by atoms with Gasteiger partial charge in [-0.25, -0.2) is 18.2 Å². The molecule has 0 fully saturated rings. The predicted molar refractivity (Wildman–Crippen MR) is 103 cm³/mol. The van der Waals surface area contributed by atoms with Crippen molar-refractivity contribution in [3.8, 4) is 0 Å². The van der Waals surface area contributed by atoms with E-state index >= 15 is 0 Å². The van der Waals surface area contributed by atoms with Gasteiger partial charge < -0.3 is 9.67 Å². The summed E-state index contributed by atoms with van der Waals surface area (Å²) in [6, 6.07) is 10.9. The molecule has 0 saturated heterocycles. The van der Waals surface area contributed by atoms with Gasteiger partial charge in [0.05, 0.1) is 10.5 Å². The van der Waals surface area contributed by atoms with Crippen LogP contribution >= 0.6 is 11.8 Å². The summed E-state index contributed by atoms with van der Waals surface area (Å²) in [5, 5.41) is 10.0. The van der Waals surface area contributed by atoms with Gasteiger partial charge in [-0.1, -0.05) is 17.8 Å². The summed E-state index contributed by atoms with van der Waals surface area (Å²) in [4.78, 5) is 16.3. The molecular weight excluding hydrogens is 386 g/mol. The molecular formula is C18H17N3O4S2. The number of benzene rings is 2. The molecule has 9 heteroatoms. The number of carbonyl (C=O) groups is 1. The number of carboxylic acid groups (broad SMARTS) is 1. The zero-order chi connectivity index (χ0) is 19.6. The van der Waals surface area contributed by atoms with Crippen molar-refractivity contribution < 1.29 is 18.3 Å².